The van der Waals surface area contributed by atoms with E-state index < -0.39 is 0 Å². The highest BCUT2D eigenvalue weighted by Gasteiger charge is 2.09. The third-order valence-electron chi connectivity index (χ3n) is 2.70. The van der Waals surface area contributed by atoms with Crippen LogP contribution in [0.5, 0.6) is 0 Å². The SMILES string of the molecule is CC(=O)Nc1ccc(C)c(NC(=O)c2ccccn2)c1. The first-order chi connectivity index (χ1) is 9.56. The van der Waals surface area contributed by atoms with Gasteiger partial charge in [-0.2, -0.15) is 0 Å². The number of pyridine rings is 1. The van der Waals surface area contributed by atoms with Gasteiger partial charge >= 0.3 is 0 Å². The van der Waals surface area contributed by atoms with Gasteiger partial charge in [0.15, 0.2) is 0 Å². The lowest BCUT2D eigenvalue weighted by molar-refractivity contribution is -0.114. The van der Waals surface area contributed by atoms with Crippen molar-refractivity contribution in [3.8, 4) is 0 Å². The highest BCUT2D eigenvalue weighted by molar-refractivity contribution is 6.03. The lowest BCUT2D eigenvalue weighted by Crippen LogP contribution is -2.14. The fraction of sp³-hybridized carbons (Fsp3) is 0.133. The molecule has 5 heteroatoms. The van der Waals surface area contributed by atoms with Crippen molar-refractivity contribution in [1.82, 2.24) is 4.98 Å². The van der Waals surface area contributed by atoms with E-state index in [1.165, 1.54) is 6.92 Å². The van der Waals surface area contributed by atoms with E-state index in [0.717, 1.165) is 5.56 Å². The Morgan fingerprint density at radius 2 is 1.90 bits per heavy atom. The molecule has 1 heterocycles. The molecule has 0 aliphatic heterocycles. The number of nitrogens with zero attached hydrogens (tertiary/aromatic N) is 1. The molecule has 0 fully saturated rings. The van der Waals surface area contributed by atoms with Gasteiger partial charge in [0.2, 0.25) is 5.91 Å². The largest absolute Gasteiger partial charge is 0.326 e. The lowest BCUT2D eigenvalue weighted by atomic mass is 10.1. The summed E-state index contributed by atoms with van der Waals surface area (Å²) in [4.78, 5) is 27.1. The summed E-state index contributed by atoms with van der Waals surface area (Å²) < 4.78 is 0. The van der Waals surface area contributed by atoms with Crippen LogP contribution in [0.3, 0.4) is 0 Å². The quantitative estimate of drug-likeness (QED) is 0.899. The average Bonchev–Trinajstić information content (AvgIpc) is 2.43. The number of hydrogen-bond acceptors (Lipinski definition) is 3. The molecule has 1 aromatic carbocycles. The van der Waals surface area contributed by atoms with Crippen LogP contribution in [0.2, 0.25) is 0 Å². The number of carbonyl (C=O) groups excluding carboxylic acids is 2. The molecule has 2 N–H and O–H groups in total. The van der Waals surface area contributed by atoms with Crippen LogP contribution in [0.1, 0.15) is 23.0 Å². The van der Waals surface area contributed by atoms with Gasteiger partial charge in [0.25, 0.3) is 5.91 Å². The number of hydrogen-bond donors (Lipinski definition) is 2. The van der Waals surface area contributed by atoms with Crippen LogP contribution in [0.15, 0.2) is 42.6 Å². The summed E-state index contributed by atoms with van der Waals surface area (Å²) >= 11 is 0. The molecule has 0 unspecified atom stereocenters. The first-order valence-electron chi connectivity index (χ1n) is 6.17. The number of carbonyl (C=O) groups is 2. The third-order valence-corrected chi connectivity index (χ3v) is 2.70. The summed E-state index contributed by atoms with van der Waals surface area (Å²) in [5.74, 6) is -0.440. The number of aryl methyl sites for hydroxylation is 1. The van der Waals surface area contributed by atoms with Crippen molar-refractivity contribution in [1.29, 1.82) is 0 Å². The molecule has 0 radical (unpaired) electrons. The molecule has 2 amide bonds. The van der Waals surface area contributed by atoms with Gasteiger partial charge in [0.05, 0.1) is 0 Å². The predicted molar refractivity (Wildman–Crippen MR) is 77.7 cm³/mol. The molecule has 0 aliphatic carbocycles. The summed E-state index contributed by atoms with van der Waals surface area (Å²) in [7, 11) is 0. The number of nitrogens with one attached hydrogen (secondary N) is 2. The van der Waals surface area contributed by atoms with Crippen molar-refractivity contribution >= 4 is 23.2 Å². The molecule has 0 saturated heterocycles. The number of anilines is 2. The monoisotopic (exact) mass is 269 g/mol. The lowest BCUT2D eigenvalue weighted by Gasteiger charge is -2.10. The average molecular weight is 269 g/mol. The highest BCUT2D eigenvalue weighted by atomic mass is 16.2. The second-order valence-corrected chi connectivity index (χ2v) is 4.38. The maximum absolute atomic E-state index is 12.0. The fourth-order valence-electron chi connectivity index (χ4n) is 1.72. The maximum atomic E-state index is 12.0. The van der Waals surface area contributed by atoms with E-state index in [2.05, 4.69) is 15.6 Å². The summed E-state index contributed by atoms with van der Waals surface area (Å²) in [6.07, 6.45) is 1.56. The van der Waals surface area contributed by atoms with Gasteiger partial charge in [-0.15, -0.1) is 0 Å². The van der Waals surface area contributed by atoms with Gasteiger partial charge in [0, 0.05) is 24.5 Å². The minimum Gasteiger partial charge on any atom is -0.326 e. The fourth-order valence-corrected chi connectivity index (χ4v) is 1.72. The van der Waals surface area contributed by atoms with Crippen molar-refractivity contribution in [2.45, 2.75) is 13.8 Å². The van der Waals surface area contributed by atoms with E-state index in [-0.39, 0.29) is 11.8 Å². The second-order valence-electron chi connectivity index (χ2n) is 4.38. The minimum atomic E-state index is -0.284. The van der Waals surface area contributed by atoms with Crippen molar-refractivity contribution in [2.24, 2.45) is 0 Å². The van der Waals surface area contributed by atoms with Crippen molar-refractivity contribution in [3.63, 3.8) is 0 Å². The molecule has 0 bridgehead atoms. The van der Waals surface area contributed by atoms with Gasteiger partial charge in [-0.05, 0) is 36.8 Å². The molecule has 5 nitrogen and oxygen atoms in total. The van der Waals surface area contributed by atoms with E-state index in [1.807, 2.05) is 13.0 Å². The molecule has 2 aromatic rings. The highest BCUT2D eigenvalue weighted by Crippen LogP contribution is 2.20. The molecule has 0 spiro atoms. The van der Waals surface area contributed by atoms with Gasteiger partial charge < -0.3 is 10.6 Å². The molecule has 102 valence electrons. The number of benzene rings is 1. The van der Waals surface area contributed by atoms with Crippen molar-refractivity contribution in [3.05, 3.63) is 53.9 Å². The Hall–Kier alpha value is -2.69. The number of rotatable bonds is 3. The van der Waals surface area contributed by atoms with E-state index >= 15 is 0 Å². The van der Waals surface area contributed by atoms with Crippen LogP contribution < -0.4 is 10.6 Å². The molecule has 20 heavy (non-hydrogen) atoms. The summed E-state index contributed by atoms with van der Waals surface area (Å²) in [6.45, 7) is 3.32. The first kappa shape index (κ1) is 13.7. The molecule has 0 saturated carbocycles. The molecular formula is C15H15N3O2. The van der Waals surface area contributed by atoms with Gasteiger partial charge in [-0.25, -0.2) is 0 Å². The third kappa shape index (κ3) is 3.41. The molecular weight excluding hydrogens is 254 g/mol. The minimum absolute atomic E-state index is 0.157. The second kappa shape index (κ2) is 5.97. The van der Waals surface area contributed by atoms with Crippen LogP contribution in [-0.4, -0.2) is 16.8 Å². The van der Waals surface area contributed by atoms with Gasteiger partial charge in [-0.1, -0.05) is 12.1 Å². The van der Waals surface area contributed by atoms with Crippen LogP contribution in [-0.2, 0) is 4.79 Å². The maximum Gasteiger partial charge on any atom is 0.274 e. The molecule has 2 rings (SSSR count). The zero-order valence-electron chi connectivity index (χ0n) is 11.3. The Balaban J connectivity index is 2.20. The van der Waals surface area contributed by atoms with Crippen LogP contribution in [0, 0.1) is 6.92 Å². The Labute approximate surface area is 117 Å². The van der Waals surface area contributed by atoms with Crippen LogP contribution in [0.4, 0.5) is 11.4 Å². The zero-order chi connectivity index (χ0) is 14.5. The van der Waals surface area contributed by atoms with Gasteiger partial charge in [0.1, 0.15) is 5.69 Å². The summed E-state index contributed by atoms with van der Waals surface area (Å²) in [5.41, 5.74) is 2.53. The molecule has 0 aliphatic rings. The van der Waals surface area contributed by atoms with Crippen molar-refractivity contribution in [2.75, 3.05) is 10.6 Å². The molecule has 1 aromatic heterocycles. The predicted octanol–water partition coefficient (Wildman–Crippen LogP) is 2.60. The first-order valence-corrected chi connectivity index (χ1v) is 6.17. The topological polar surface area (TPSA) is 71.1 Å². The van der Waals surface area contributed by atoms with Crippen molar-refractivity contribution < 1.29 is 9.59 Å². The zero-order valence-corrected chi connectivity index (χ0v) is 11.3. The Morgan fingerprint density at radius 1 is 1.10 bits per heavy atom. The van der Waals surface area contributed by atoms with E-state index in [9.17, 15) is 9.59 Å². The normalized spacial score (nSPS) is 9.90. The Kier molecular flexibility index (Phi) is 4.10. The van der Waals surface area contributed by atoms with E-state index in [0.29, 0.717) is 17.1 Å². The molecule has 0 atom stereocenters. The summed E-state index contributed by atoms with van der Waals surface area (Å²) in [5, 5.41) is 5.47. The number of aromatic nitrogens is 1. The summed E-state index contributed by atoms with van der Waals surface area (Å²) in [6, 6.07) is 10.5. The van der Waals surface area contributed by atoms with E-state index in [1.54, 1.807) is 36.5 Å². The Bertz CT molecular complexity index is 639. The van der Waals surface area contributed by atoms with Gasteiger partial charge in [-0.3, -0.25) is 14.6 Å². The Morgan fingerprint density at radius 3 is 2.55 bits per heavy atom. The standard InChI is InChI=1S/C15H15N3O2/c1-10-6-7-12(17-11(2)19)9-14(10)18-15(20)13-5-3-4-8-16-13/h3-9H,1-2H3,(H,17,19)(H,18,20). The number of amides is 2. The van der Waals surface area contributed by atoms with Crippen LogP contribution in [0.25, 0.3) is 0 Å². The van der Waals surface area contributed by atoms with Crippen LogP contribution >= 0.6 is 0 Å². The smallest absolute Gasteiger partial charge is 0.274 e. The van der Waals surface area contributed by atoms with E-state index in [4.69, 9.17) is 0 Å².